The summed E-state index contributed by atoms with van der Waals surface area (Å²) in [7, 11) is 0. The minimum Gasteiger partial charge on any atom is -0.276 e. The van der Waals surface area contributed by atoms with E-state index >= 15 is 0 Å². The fourth-order valence-electron chi connectivity index (χ4n) is 2.46. The van der Waals surface area contributed by atoms with E-state index in [0.717, 1.165) is 25.7 Å². The van der Waals surface area contributed by atoms with Gasteiger partial charge in [-0.2, -0.15) is 0 Å². The van der Waals surface area contributed by atoms with E-state index in [1.54, 1.807) is 0 Å². The van der Waals surface area contributed by atoms with Crippen LogP contribution in [0.2, 0.25) is 0 Å². The Hall–Kier alpha value is -2.18. The van der Waals surface area contributed by atoms with Crippen LogP contribution in [-0.4, -0.2) is 24.6 Å². The molecule has 0 N–H and O–H groups in total. The molecule has 2 rings (SSSR count). The molecule has 0 spiro atoms. The van der Waals surface area contributed by atoms with Crippen LogP contribution in [0.4, 0.5) is 0 Å². The first kappa shape index (κ1) is 16.2. The second-order valence-electron chi connectivity index (χ2n) is 5.40. The van der Waals surface area contributed by atoms with Gasteiger partial charge in [0.05, 0.1) is 0 Å². The van der Waals surface area contributed by atoms with Crippen LogP contribution in [0, 0.1) is 0 Å². The van der Waals surface area contributed by atoms with Gasteiger partial charge >= 0.3 is 5.69 Å². The maximum atomic E-state index is 12.6. The van der Waals surface area contributed by atoms with E-state index in [0.29, 0.717) is 18.7 Å². The summed E-state index contributed by atoms with van der Waals surface area (Å²) in [4.78, 5) is 41.0. The molecule has 0 radical (unpaired) electrons. The van der Waals surface area contributed by atoms with Gasteiger partial charge in [-0.1, -0.05) is 26.7 Å². The number of fused-ring (bicyclic) bond motifs is 1. The lowest BCUT2D eigenvalue weighted by atomic mass is 10.3. The van der Waals surface area contributed by atoms with E-state index in [2.05, 4.69) is 4.98 Å². The Labute approximate surface area is 128 Å². The predicted octanol–water partition coefficient (Wildman–Crippen LogP) is 1.62. The van der Waals surface area contributed by atoms with Crippen molar-refractivity contribution in [3.8, 4) is 0 Å². The van der Waals surface area contributed by atoms with Gasteiger partial charge < -0.3 is 0 Å². The van der Waals surface area contributed by atoms with Crippen molar-refractivity contribution in [1.29, 1.82) is 0 Å². The molecule has 0 fully saturated rings. The van der Waals surface area contributed by atoms with Crippen molar-refractivity contribution in [2.45, 2.75) is 59.5 Å². The molecule has 0 aliphatic carbocycles. The first-order valence-corrected chi connectivity index (χ1v) is 7.74. The number of hydrogen-bond donors (Lipinski definition) is 0. The van der Waals surface area contributed by atoms with Gasteiger partial charge in [-0.3, -0.25) is 23.3 Å². The molecule has 0 unspecified atom stereocenters. The number of unbranched alkanes of at least 4 members (excludes halogenated alkanes) is 2. The third-order valence-electron chi connectivity index (χ3n) is 3.72. The van der Waals surface area contributed by atoms with E-state index in [1.165, 1.54) is 27.0 Å². The number of hydrogen-bond acceptors (Lipinski definition) is 4. The highest BCUT2D eigenvalue weighted by Crippen LogP contribution is 2.08. The lowest BCUT2D eigenvalue weighted by molar-refractivity contribution is 0.0940. The van der Waals surface area contributed by atoms with Crippen molar-refractivity contribution in [2.24, 2.45) is 0 Å². The summed E-state index contributed by atoms with van der Waals surface area (Å²) in [5.74, 6) is -0.290. The van der Waals surface area contributed by atoms with Crippen molar-refractivity contribution in [3.05, 3.63) is 27.2 Å². The van der Waals surface area contributed by atoms with Gasteiger partial charge in [-0.05, 0) is 12.8 Å². The summed E-state index contributed by atoms with van der Waals surface area (Å²) >= 11 is 0. The smallest absolute Gasteiger partial charge is 0.276 e. The Balaban J connectivity index is 2.78. The highest BCUT2D eigenvalue weighted by molar-refractivity contribution is 5.87. The maximum Gasteiger partial charge on any atom is 0.332 e. The molecular formula is C15H22N4O3. The number of carbonyl (C=O) groups is 1. The molecule has 0 bridgehead atoms. The lowest BCUT2D eigenvalue weighted by Gasteiger charge is -2.11. The van der Waals surface area contributed by atoms with E-state index in [4.69, 9.17) is 0 Å². The largest absolute Gasteiger partial charge is 0.332 e. The third kappa shape index (κ3) is 2.75. The third-order valence-corrected chi connectivity index (χ3v) is 3.72. The molecule has 0 saturated carbocycles. The zero-order chi connectivity index (χ0) is 16.3. The van der Waals surface area contributed by atoms with Gasteiger partial charge in [-0.15, -0.1) is 0 Å². The number of carbonyl (C=O) groups excluding carboxylic acids is 1. The molecular weight excluding hydrogens is 284 g/mol. The molecule has 0 saturated heterocycles. The molecule has 22 heavy (non-hydrogen) atoms. The number of rotatable bonds is 6. The minimum atomic E-state index is -0.436. The van der Waals surface area contributed by atoms with E-state index in [1.807, 2.05) is 13.8 Å². The summed E-state index contributed by atoms with van der Waals surface area (Å²) < 4.78 is 3.96. The van der Waals surface area contributed by atoms with Gasteiger partial charge in [0, 0.05) is 20.0 Å². The second kappa shape index (κ2) is 6.72. The maximum absolute atomic E-state index is 12.6. The van der Waals surface area contributed by atoms with Gasteiger partial charge in [-0.25, -0.2) is 9.78 Å². The standard InChI is InChI=1S/C15H22N4O3/c1-4-6-8-17-13-12(19(10-16-13)11(3)20)14(21)18(15(17)22)9-7-5-2/h10H,4-9H2,1-3H3. The average Bonchev–Trinajstić information content (AvgIpc) is 2.92. The Morgan fingerprint density at radius 2 is 1.68 bits per heavy atom. The van der Waals surface area contributed by atoms with Crippen LogP contribution >= 0.6 is 0 Å². The molecule has 2 aromatic rings. The van der Waals surface area contributed by atoms with Crippen LogP contribution in [0.5, 0.6) is 0 Å². The summed E-state index contributed by atoms with van der Waals surface area (Å²) in [5, 5.41) is 0. The predicted molar refractivity (Wildman–Crippen MR) is 84.4 cm³/mol. The number of aromatic nitrogens is 4. The lowest BCUT2D eigenvalue weighted by Crippen LogP contribution is -2.41. The Morgan fingerprint density at radius 1 is 1.09 bits per heavy atom. The molecule has 0 amide bonds. The van der Waals surface area contributed by atoms with Crippen LogP contribution in [0.15, 0.2) is 15.9 Å². The first-order valence-electron chi connectivity index (χ1n) is 7.74. The molecule has 7 heteroatoms. The molecule has 0 atom stereocenters. The number of imidazole rings is 1. The van der Waals surface area contributed by atoms with E-state index in [-0.39, 0.29) is 17.1 Å². The van der Waals surface area contributed by atoms with Crippen LogP contribution in [-0.2, 0) is 13.1 Å². The Bertz CT molecular complexity index is 797. The molecule has 2 heterocycles. The minimum absolute atomic E-state index is 0.194. The van der Waals surface area contributed by atoms with Gasteiger partial charge in [0.2, 0.25) is 5.91 Å². The summed E-state index contributed by atoms with van der Waals surface area (Å²) in [6, 6.07) is 0. The fourth-order valence-corrected chi connectivity index (χ4v) is 2.46. The van der Waals surface area contributed by atoms with E-state index in [9.17, 15) is 14.4 Å². The van der Waals surface area contributed by atoms with Crippen molar-refractivity contribution >= 4 is 17.1 Å². The SMILES string of the molecule is CCCCn1c(=O)c2c(ncn2C(C)=O)n(CCCC)c1=O. The molecule has 2 aromatic heterocycles. The monoisotopic (exact) mass is 306 g/mol. The summed E-state index contributed by atoms with van der Waals surface area (Å²) in [6.07, 6.45) is 4.68. The zero-order valence-corrected chi connectivity index (χ0v) is 13.3. The first-order chi connectivity index (χ1) is 10.5. The molecule has 120 valence electrons. The second-order valence-corrected chi connectivity index (χ2v) is 5.40. The summed E-state index contributed by atoms with van der Waals surface area (Å²) in [6.45, 7) is 6.26. The van der Waals surface area contributed by atoms with Gasteiger partial charge in [0.25, 0.3) is 5.56 Å². The highest BCUT2D eigenvalue weighted by atomic mass is 16.2. The number of aryl methyl sites for hydroxylation is 1. The van der Waals surface area contributed by atoms with Gasteiger partial charge in [0.15, 0.2) is 11.2 Å². The van der Waals surface area contributed by atoms with Crippen LogP contribution in [0.3, 0.4) is 0 Å². The normalized spacial score (nSPS) is 11.2. The molecule has 0 aromatic carbocycles. The molecule has 7 nitrogen and oxygen atoms in total. The Kier molecular flexibility index (Phi) is 4.95. The molecule has 0 aliphatic heterocycles. The van der Waals surface area contributed by atoms with Crippen molar-refractivity contribution < 1.29 is 4.79 Å². The average molecular weight is 306 g/mol. The van der Waals surface area contributed by atoms with Crippen LogP contribution in [0.25, 0.3) is 11.2 Å². The van der Waals surface area contributed by atoms with Gasteiger partial charge in [0.1, 0.15) is 6.33 Å². The van der Waals surface area contributed by atoms with Crippen LogP contribution in [0.1, 0.15) is 51.2 Å². The zero-order valence-electron chi connectivity index (χ0n) is 13.3. The molecule has 0 aliphatic rings. The Morgan fingerprint density at radius 3 is 2.23 bits per heavy atom. The quantitative estimate of drug-likeness (QED) is 0.812. The van der Waals surface area contributed by atoms with Crippen LogP contribution < -0.4 is 11.2 Å². The fraction of sp³-hybridized carbons (Fsp3) is 0.600. The van der Waals surface area contributed by atoms with Crippen molar-refractivity contribution in [1.82, 2.24) is 18.7 Å². The number of nitrogens with zero attached hydrogens (tertiary/aromatic N) is 4. The topological polar surface area (TPSA) is 78.9 Å². The highest BCUT2D eigenvalue weighted by Gasteiger charge is 2.18. The summed E-state index contributed by atoms with van der Waals surface area (Å²) in [5.41, 5.74) is -0.284. The van der Waals surface area contributed by atoms with Crippen molar-refractivity contribution in [3.63, 3.8) is 0 Å². The van der Waals surface area contributed by atoms with E-state index < -0.39 is 5.56 Å². The van der Waals surface area contributed by atoms with Crippen molar-refractivity contribution in [2.75, 3.05) is 0 Å².